The van der Waals surface area contributed by atoms with Gasteiger partial charge in [-0.15, -0.1) is 0 Å². The number of nitrogens with zero attached hydrogens (tertiary/aromatic N) is 1. The molecule has 0 aliphatic heterocycles. The molecular formula is C18H30N2O. The summed E-state index contributed by atoms with van der Waals surface area (Å²) >= 11 is 0. The van der Waals surface area contributed by atoms with Crippen molar-refractivity contribution in [3.8, 4) is 0 Å². The standard InChI is InChI=1S/C18H30N2O/c1-5-20(6-2)18(21)12-13-19-17(14-15(3)4)16-10-8-7-9-11-16/h7-11,15,17,19H,5-6,12-14H2,1-4H3. The van der Waals surface area contributed by atoms with E-state index in [9.17, 15) is 4.79 Å². The molecule has 1 rings (SSSR count). The first kappa shape index (κ1) is 17.7. The third-order valence-electron chi connectivity index (χ3n) is 3.75. The largest absolute Gasteiger partial charge is 0.343 e. The van der Waals surface area contributed by atoms with Crippen molar-refractivity contribution in [1.82, 2.24) is 10.2 Å². The maximum Gasteiger partial charge on any atom is 0.223 e. The topological polar surface area (TPSA) is 32.3 Å². The van der Waals surface area contributed by atoms with Crippen molar-refractivity contribution in [1.29, 1.82) is 0 Å². The zero-order chi connectivity index (χ0) is 15.7. The molecule has 0 heterocycles. The average molecular weight is 290 g/mol. The van der Waals surface area contributed by atoms with E-state index in [2.05, 4.69) is 43.4 Å². The lowest BCUT2D eigenvalue weighted by Gasteiger charge is -2.23. The molecule has 0 aliphatic rings. The van der Waals surface area contributed by atoms with Crippen LogP contribution in [0.2, 0.25) is 0 Å². The number of carbonyl (C=O) groups is 1. The molecule has 1 amide bonds. The highest BCUT2D eigenvalue weighted by molar-refractivity contribution is 5.76. The molecule has 0 aliphatic carbocycles. The van der Waals surface area contributed by atoms with Crippen molar-refractivity contribution in [3.63, 3.8) is 0 Å². The van der Waals surface area contributed by atoms with Gasteiger partial charge in [-0.1, -0.05) is 44.2 Å². The molecule has 0 bridgehead atoms. The summed E-state index contributed by atoms with van der Waals surface area (Å²) in [5, 5.41) is 3.55. The number of carbonyl (C=O) groups excluding carboxylic acids is 1. The van der Waals surface area contributed by atoms with E-state index in [-0.39, 0.29) is 5.91 Å². The molecule has 0 radical (unpaired) electrons. The highest BCUT2D eigenvalue weighted by atomic mass is 16.2. The molecule has 0 spiro atoms. The van der Waals surface area contributed by atoms with Crippen LogP contribution in [0.5, 0.6) is 0 Å². The van der Waals surface area contributed by atoms with Crippen LogP contribution >= 0.6 is 0 Å². The fraction of sp³-hybridized carbons (Fsp3) is 0.611. The first-order valence-electron chi connectivity index (χ1n) is 8.14. The molecule has 1 atom stereocenters. The lowest BCUT2D eigenvalue weighted by Crippen LogP contribution is -2.34. The van der Waals surface area contributed by atoms with Crippen molar-refractivity contribution in [2.45, 2.75) is 46.6 Å². The first-order chi connectivity index (χ1) is 10.1. The lowest BCUT2D eigenvalue weighted by molar-refractivity contribution is -0.130. The lowest BCUT2D eigenvalue weighted by atomic mass is 9.97. The summed E-state index contributed by atoms with van der Waals surface area (Å²) in [6, 6.07) is 10.8. The SMILES string of the molecule is CCN(CC)C(=O)CCNC(CC(C)C)c1ccccc1. The van der Waals surface area contributed by atoms with Crippen LogP contribution in [-0.2, 0) is 4.79 Å². The van der Waals surface area contributed by atoms with Crippen molar-refractivity contribution in [3.05, 3.63) is 35.9 Å². The predicted octanol–water partition coefficient (Wildman–Crippen LogP) is 3.62. The Bertz CT molecular complexity index is 399. The van der Waals surface area contributed by atoms with E-state index < -0.39 is 0 Å². The van der Waals surface area contributed by atoms with Crippen LogP contribution in [0.3, 0.4) is 0 Å². The van der Waals surface area contributed by atoms with E-state index in [0.29, 0.717) is 18.4 Å². The maximum absolute atomic E-state index is 12.0. The predicted molar refractivity (Wildman–Crippen MR) is 89.2 cm³/mol. The summed E-state index contributed by atoms with van der Waals surface area (Å²) in [5.74, 6) is 0.866. The van der Waals surface area contributed by atoms with Gasteiger partial charge in [0.15, 0.2) is 0 Å². The Morgan fingerprint density at radius 1 is 1.14 bits per heavy atom. The minimum atomic E-state index is 0.240. The average Bonchev–Trinajstić information content (AvgIpc) is 2.48. The highest BCUT2D eigenvalue weighted by Gasteiger charge is 2.14. The maximum atomic E-state index is 12.0. The van der Waals surface area contributed by atoms with E-state index in [0.717, 1.165) is 26.1 Å². The second kappa shape index (κ2) is 9.56. The second-order valence-corrected chi connectivity index (χ2v) is 5.86. The molecule has 0 fully saturated rings. The molecule has 21 heavy (non-hydrogen) atoms. The molecule has 0 saturated heterocycles. The molecule has 0 aromatic heterocycles. The van der Waals surface area contributed by atoms with Gasteiger partial charge in [-0.2, -0.15) is 0 Å². The highest BCUT2D eigenvalue weighted by Crippen LogP contribution is 2.20. The first-order valence-corrected chi connectivity index (χ1v) is 8.14. The van der Waals surface area contributed by atoms with Crippen molar-refractivity contribution >= 4 is 5.91 Å². The summed E-state index contributed by atoms with van der Waals surface area (Å²) in [5.41, 5.74) is 1.31. The number of benzene rings is 1. The molecule has 1 N–H and O–H groups in total. The minimum absolute atomic E-state index is 0.240. The van der Waals surface area contributed by atoms with Gasteiger partial charge in [0, 0.05) is 32.1 Å². The number of hydrogen-bond donors (Lipinski definition) is 1. The van der Waals surface area contributed by atoms with Crippen LogP contribution in [0.1, 0.15) is 52.1 Å². The van der Waals surface area contributed by atoms with Gasteiger partial charge in [0.1, 0.15) is 0 Å². The van der Waals surface area contributed by atoms with Gasteiger partial charge in [-0.25, -0.2) is 0 Å². The quantitative estimate of drug-likeness (QED) is 0.753. The van der Waals surface area contributed by atoms with Crippen LogP contribution in [0.25, 0.3) is 0 Å². The van der Waals surface area contributed by atoms with Crippen LogP contribution in [0.4, 0.5) is 0 Å². The Kier molecular flexibility index (Phi) is 8.06. The van der Waals surface area contributed by atoms with E-state index in [4.69, 9.17) is 0 Å². The van der Waals surface area contributed by atoms with Gasteiger partial charge in [-0.05, 0) is 31.7 Å². The van der Waals surface area contributed by atoms with Crippen molar-refractivity contribution in [2.24, 2.45) is 5.92 Å². The fourth-order valence-corrected chi connectivity index (χ4v) is 2.58. The zero-order valence-electron chi connectivity index (χ0n) is 13.9. The van der Waals surface area contributed by atoms with Crippen molar-refractivity contribution in [2.75, 3.05) is 19.6 Å². The number of amides is 1. The molecule has 118 valence electrons. The van der Waals surface area contributed by atoms with Crippen LogP contribution in [0, 0.1) is 5.92 Å². The summed E-state index contributed by atoms with van der Waals surface area (Å²) in [7, 11) is 0. The fourth-order valence-electron chi connectivity index (χ4n) is 2.58. The Hall–Kier alpha value is -1.35. The number of hydrogen-bond acceptors (Lipinski definition) is 2. The van der Waals surface area contributed by atoms with Crippen LogP contribution in [-0.4, -0.2) is 30.4 Å². The van der Waals surface area contributed by atoms with Crippen LogP contribution < -0.4 is 5.32 Å². The Balaban J connectivity index is 2.53. The molecular weight excluding hydrogens is 260 g/mol. The van der Waals surface area contributed by atoms with E-state index in [1.807, 2.05) is 24.8 Å². The second-order valence-electron chi connectivity index (χ2n) is 5.86. The zero-order valence-corrected chi connectivity index (χ0v) is 13.9. The van der Waals surface area contributed by atoms with E-state index in [1.165, 1.54) is 5.56 Å². The molecule has 1 aromatic carbocycles. The molecule has 1 unspecified atom stereocenters. The van der Waals surface area contributed by atoms with Gasteiger partial charge in [-0.3, -0.25) is 4.79 Å². The Labute approximate surface area is 129 Å². The molecule has 3 heteroatoms. The summed E-state index contributed by atoms with van der Waals surface area (Å²) < 4.78 is 0. The van der Waals surface area contributed by atoms with Gasteiger partial charge in [0.2, 0.25) is 5.91 Å². The Morgan fingerprint density at radius 2 is 1.76 bits per heavy atom. The van der Waals surface area contributed by atoms with Crippen molar-refractivity contribution < 1.29 is 4.79 Å². The Morgan fingerprint density at radius 3 is 2.29 bits per heavy atom. The van der Waals surface area contributed by atoms with Gasteiger partial charge < -0.3 is 10.2 Å². The summed E-state index contributed by atoms with van der Waals surface area (Å²) in [6.07, 6.45) is 1.66. The normalized spacial score (nSPS) is 12.4. The van der Waals surface area contributed by atoms with Crippen LogP contribution in [0.15, 0.2) is 30.3 Å². The van der Waals surface area contributed by atoms with Gasteiger partial charge in [0.25, 0.3) is 0 Å². The third-order valence-corrected chi connectivity index (χ3v) is 3.75. The number of nitrogens with one attached hydrogen (secondary N) is 1. The van der Waals surface area contributed by atoms with Gasteiger partial charge >= 0.3 is 0 Å². The number of rotatable bonds is 9. The molecule has 1 aromatic rings. The summed E-state index contributed by atoms with van der Waals surface area (Å²) in [6.45, 7) is 10.9. The third kappa shape index (κ3) is 6.30. The van der Waals surface area contributed by atoms with Gasteiger partial charge in [0.05, 0.1) is 0 Å². The monoisotopic (exact) mass is 290 g/mol. The van der Waals surface area contributed by atoms with E-state index >= 15 is 0 Å². The molecule has 3 nitrogen and oxygen atoms in total. The smallest absolute Gasteiger partial charge is 0.223 e. The minimum Gasteiger partial charge on any atom is -0.343 e. The summed E-state index contributed by atoms with van der Waals surface area (Å²) in [4.78, 5) is 13.9. The van der Waals surface area contributed by atoms with E-state index in [1.54, 1.807) is 0 Å². The molecule has 0 saturated carbocycles.